The van der Waals surface area contributed by atoms with Crippen molar-refractivity contribution in [3.05, 3.63) is 29.3 Å². The molecular formula is C17H19ClN4O4. The van der Waals surface area contributed by atoms with E-state index in [1.54, 1.807) is 21.9 Å². The van der Waals surface area contributed by atoms with Crippen LogP contribution in [0.1, 0.15) is 6.42 Å². The normalized spacial score (nSPS) is 25.4. The monoisotopic (exact) mass is 378 g/mol. The highest BCUT2D eigenvalue weighted by Crippen LogP contribution is 2.23. The molecule has 2 atom stereocenters. The minimum absolute atomic E-state index is 0.0324. The second-order valence-corrected chi connectivity index (χ2v) is 7.20. The van der Waals surface area contributed by atoms with Crippen molar-refractivity contribution < 1.29 is 19.1 Å². The Morgan fingerprint density at radius 3 is 2.81 bits per heavy atom. The summed E-state index contributed by atoms with van der Waals surface area (Å²) in [6.45, 7) is 1.37. The van der Waals surface area contributed by atoms with Gasteiger partial charge in [0.25, 0.3) is 0 Å². The number of nitrogens with zero attached hydrogens (tertiary/aromatic N) is 2. The Hall–Kier alpha value is -2.48. The first-order valence-corrected chi connectivity index (χ1v) is 8.92. The third-order valence-corrected chi connectivity index (χ3v) is 5.13. The van der Waals surface area contributed by atoms with Crippen LogP contribution in [0.5, 0.6) is 5.75 Å². The molecular weight excluding hydrogens is 360 g/mol. The number of halogens is 1. The topological polar surface area (TPSA) is 91.0 Å². The molecule has 3 aliphatic rings. The molecule has 8 nitrogen and oxygen atoms in total. The number of hydrogen-bond acceptors (Lipinski definition) is 4. The lowest BCUT2D eigenvalue weighted by molar-refractivity contribution is -0.143. The highest BCUT2D eigenvalue weighted by molar-refractivity contribution is 6.30. The minimum atomic E-state index is -0.475. The lowest BCUT2D eigenvalue weighted by Crippen LogP contribution is -2.60. The summed E-state index contributed by atoms with van der Waals surface area (Å²) in [6, 6.07) is 6.26. The number of likely N-dealkylation sites (tertiary alicyclic amines) is 1. The standard InChI is InChI=1S/C17H19ClN4O4/c18-10-2-1-3-12(4-10)26-13-8-21(9-13)17(25)20-11-5-14-16(24)19-6-15(23)22(14)7-11/h1-4,11,13-14H,5-9H2,(H,19,24)(H,20,25)/t11-,14+/m1/s1. The second-order valence-electron chi connectivity index (χ2n) is 6.76. The summed E-state index contributed by atoms with van der Waals surface area (Å²) < 4.78 is 5.77. The molecule has 2 N–H and O–H groups in total. The largest absolute Gasteiger partial charge is 0.487 e. The molecule has 1 aromatic rings. The fourth-order valence-corrected chi connectivity index (χ4v) is 3.70. The number of nitrogens with one attached hydrogen (secondary N) is 2. The van der Waals surface area contributed by atoms with Crippen molar-refractivity contribution in [1.82, 2.24) is 20.4 Å². The number of amides is 4. The summed E-state index contributed by atoms with van der Waals surface area (Å²) in [5.41, 5.74) is 0. The predicted octanol–water partition coefficient (Wildman–Crippen LogP) is 0.212. The van der Waals surface area contributed by atoms with E-state index in [9.17, 15) is 14.4 Å². The first-order valence-electron chi connectivity index (χ1n) is 8.54. The number of piperazine rings is 1. The number of carbonyl (C=O) groups is 3. The number of hydrogen-bond donors (Lipinski definition) is 2. The molecule has 0 spiro atoms. The van der Waals surface area contributed by atoms with Crippen molar-refractivity contribution in [1.29, 1.82) is 0 Å². The molecule has 3 heterocycles. The van der Waals surface area contributed by atoms with Gasteiger partial charge in [0, 0.05) is 11.6 Å². The van der Waals surface area contributed by atoms with E-state index in [-0.39, 0.29) is 36.5 Å². The van der Waals surface area contributed by atoms with Crippen molar-refractivity contribution >= 4 is 29.4 Å². The van der Waals surface area contributed by atoms with E-state index in [1.807, 2.05) is 12.1 Å². The fourth-order valence-electron chi connectivity index (χ4n) is 3.52. The van der Waals surface area contributed by atoms with Crippen LogP contribution in [-0.2, 0) is 9.59 Å². The summed E-state index contributed by atoms with van der Waals surface area (Å²) in [7, 11) is 0. The zero-order valence-electron chi connectivity index (χ0n) is 14.0. The van der Waals surface area contributed by atoms with Crippen LogP contribution in [-0.4, -0.2) is 72.0 Å². The van der Waals surface area contributed by atoms with Crippen molar-refractivity contribution in [2.45, 2.75) is 24.6 Å². The molecule has 3 fully saturated rings. The summed E-state index contributed by atoms with van der Waals surface area (Å²) in [4.78, 5) is 39.2. The Balaban J connectivity index is 1.25. The number of ether oxygens (including phenoxy) is 1. The van der Waals surface area contributed by atoms with Gasteiger partial charge in [0.15, 0.2) is 0 Å². The van der Waals surface area contributed by atoms with Crippen molar-refractivity contribution in [2.75, 3.05) is 26.2 Å². The average molecular weight is 379 g/mol. The molecule has 0 radical (unpaired) electrons. The summed E-state index contributed by atoms with van der Waals surface area (Å²) in [5, 5.41) is 6.09. The smallest absolute Gasteiger partial charge is 0.317 e. The Morgan fingerprint density at radius 2 is 2.08 bits per heavy atom. The number of rotatable bonds is 3. The molecule has 138 valence electrons. The molecule has 0 saturated carbocycles. The van der Waals surface area contributed by atoms with Crippen LogP contribution >= 0.6 is 11.6 Å². The highest BCUT2D eigenvalue weighted by Gasteiger charge is 2.43. The Morgan fingerprint density at radius 1 is 1.27 bits per heavy atom. The van der Waals surface area contributed by atoms with Gasteiger partial charge in [-0.2, -0.15) is 0 Å². The van der Waals surface area contributed by atoms with Gasteiger partial charge in [-0.25, -0.2) is 4.79 Å². The van der Waals surface area contributed by atoms with Gasteiger partial charge < -0.3 is 25.2 Å². The van der Waals surface area contributed by atoms with Gasteiger partial charge in [-0.1, -0.05) is 17.7 Å². The first kappa shape index (κ1) is 17.0. The molecule has 0 aliphatic carbocycles. The van der Waals surface area contributed by atoms with Crippen LogP contribution in [0.3, 0.4) is 0 Å². The second kappa shape index (κ2) is 6.68. The van der Waals surface area contributed by atoms with Gasteiger partial charge in [0.05, 0.1) is 25.7 Å². The van der Waals surface area contributed by atoms with Crippen LogP contribution in [0.2, 0.25) is 5.02 Å². The lowest BCUT2D eigenvalue weighted by atomic mass is 10.1. The molecule has 3 aliphatic heterocycles. The van der Waals surface area contributed by atoms with E-state index in [0.29, 0.717) is 36.8 Å². The third-order valence-electron chi connectivity index (χ3n) is 4.90. The van der Waals surface area contributed by atoms with Crippen LogP contribution < -0.4 is 15.4 Å². The molecule has 26 heavy (non-hydrogen) atoms. The SMILES string of the molecule is O=C1NCC(=O)N2C[C@H](NC(=O)N3CC(Oc4cccc(Cl)c4)C3)C[C@@H]12. The van der Waals surface area contributed by atoms with E-state index in [1.165, 1.54) is 0 Å². The van der Waals surface area contributed by atoms with Gasteiger partial charge in [0.2, 0.25) is 11.8 Å². The summed E-state index contributed by atoms with van der Waals surface area (Å²) in [6.07, 6.45) is 0.376. The Labute approximate surface area is 155 Å². The molecule has 1 aromatic carbocycles. The molecule has 0 bridgehead atoms. The van der Waals surface area contributed by atoms with Crippen LogP contribution in [0.4, 0.5) is 4.79 Å². The molecule has 3 saturated heterocycles. The van der Waals surface area contributed by atoms with Crippen molar-refractivity contribution in [2.24, 2.45) is 0 Å². The molecule has 9 heteroatoms. The van der Waals surface area contributed by atoms with Gasteiger partial charge in [0.1, 0.15) is 17.9 Å². The predicted molar refractivity (Wildman–Crippen MR) is 92.9 cm³/mol. The Kier molecular flexibility index (Phi) is 4.36. The number of benzene rings is 1. The van der Waals surface area contributed by atoms with E-state index in [4.69, 9.17) is 16.3 Å². The quantitative estimate of drug-likeness (QED) is 0.786. The zero-order valence-corrected chi connectivity index (χ0v) is 14.7. The zero-order chi connectivity index (χ0) is 18.3. The molecule has 0 unspecified atom stereocenters. The number of carbonyl (C=O) groups excluding carboxylic acids is 3. The summed E-state index contributed by atoms with van der Waals surface area (Å²) in [5.74, 6) is 0.422. The lowest BCUT2D eigenvalue weighted by Gasteiger charge is -2.39. The van der Waals surface area contributed by atoms with Gasteiger partial charge >= 0.3 is 6.03 Å². The average Bonchev–Trinajstić information content (AvgIpc) is 2.99. The maximum absolute atomic E-state index is 12.3. The van der Waals surface area contributed by atoms with Crippen LogP contribution in [0.15, 0.2) is 24.3 Å². The maximum atomic E-state index is 12.3. The van der Waals surface area contributed by atoms with E-state index < -0.39 is 6.04 Å². The Bertz CT molecular complexity index is 728. The highest BCUT2D eigenvalue weighted by atomic mass is 35.5. The van der Waals surface area contributed by atoms with Gasteiger partial charge in [-0.15, -0.1) is 0 Å². The maximum Gasteiger partial charge on any atom is 0.317 e. The molecule has 4 rings (SSSR count). The summed E-state index contributed by atoms with van der Waals surface area (Å²) >= 11 is 5.93. The number of urea groups is 1. The number of fused-ring (bicyclic) bond motifs is 1. The van der Waals surface area contributed by atoms with E-state index in [2.05, 4.69) is 10.6 Å². The van der Waals surface area contributed by atoms with Crippen LogP contribution in [0.25, 0.3) is 0 Å². The fraction of sp³-hybridized carbons (Fsp3) is 0.471. The minimum Gasteiger partial charge on any atom is -0.487 e. The molecule has 4 amide bonds. The van der Waals surface area contributed by atoms with E-state index >= 15 is 0 Å². The van der Waals surface area contributed by atoms with Crippen molar-refractivity contribution in [3.63, 3.8) is 0 Å². The van der Waals surface area contributed by atoms with Crippen molar-refractivity contribution in [3.8, 4) is 5.75 Å². The van der Waals surface area contributed by atoms with Gasteiger partial charge in [-0.3, -0.25) is 9.59 Å². The van der Waals surface area contributed by atoms with Gasteiger partial charge in [-0.05, 0) is 24.6 Å². The third kappa shape index (κ3) is 3.29. The van der Waals surface area contributed by atoms with Crippen LogP contribution in [0, 0.1) is 0 Å². The first-order chi connectivity index (χ1) is 12.5. The molecule has 0 aromatic heterocycles. The van der Waals surface area contributed by atoms with E-state index in [0.717, 1.165) is 0 Å².